The summed E-state index contributed by atoms with van der Waals surface area (Å²) < 4.78 is 38.7. The van der Waals surface area contributed by atoms with E-state index in [9.17, 15) is 22.8 Å². The standard InChI is InChI=1S/C33H35N5O5.CH4O3S.H2/c1-31(35-28(39)21-15-23-22-10-6-11-24-27(22)20(17-34-24)16-25(23)36(2)18-21)30(41)38-26(14-19-8-4-3-5-9-19)29(40)37-13-7-12-32(37)33(38,42-31)43-32;1-5(2,3)4;/h3-6,8-11,17,21,23,25-26,34H,7,12-16,18H2,1-2H3,(H,35,39);1H3,(H,2,3,4);1H/t21-,23-,25-,26+,31-,32-,33-;;/m1../s1. The number of epoxide rings is 1. The summed E-state index contributed by atoms with van der Waals surface area (Å²) in [6.07, 6.45) is 6.17. The fourth-order valence-corrected chi connectivity index (χ4v) is 8.99. The van der Waals surface area contributed by atoms with Crippen LogP contribution in [0, 0.1) is 5.92 Å². The number of piperidine rings is 1. The number of likely N-dealkylation sites (tertiary alicyclic amines) is 1. The SMILES string of the molecule is CN1C[C@H](C(=O)N[C@]2(C)O[C@@]34O[C@]35CCCN5C(=O)[C@H](Cc3ccccc3)N4C2=O)C[C@@H]2c3cccc4[nH]cc(c34)C[C@H]21.CS(=O)(=O)O.[HH]. The smallest absolute Gasteiger partial charge is 0.310 e. The van der Waals surface area contributed by atoms with Crippen LogP contribution >= 0.6 is 0 Å². The van der Waals surface area contributed by atoms with Crippen molar-refractivity contribution in [3.63, 3.8) is 0 Å². The molecule has 13 nitrogen and oxygen atoms in total. The average molecular weight is 680 g/mol. The highest BCUT2D eigenvalue weighted by molar-refractivity contribution is 7.85. The molecule has 0 bridgehead atoms. The van der Waals surface area contributed by atoms with Gasteiger partial charge in [0.2, 0.25) is 23.3 Å². The van der Waals surface area contributed by atoms with Gasteiger partial charge >= 0.3 is 5.91 Å². The largest absolute Gasteiger partial charge is 0.361 e. The Bertz CT molecular complexity index is 1950. The molecule has 256 valence electrons. The number of piperazine rings is 1. The van der Waals surface area contributed by atoms with Gasteiger partial charge in [-0.15, -0.1) is 0 Å². The van der Waals surface area contributed by atoms with E-state index in [2.05, 4.69) is 46.6 Å². The predicted octanol–water partition coefficient (Wildman–Crippen LogP) is 2.20. The molecule has 0 saturated carbocycles. The average Bonchev–Trinajstić information content (AvgIpc) is 3.31. The van der Waals surface area contributed by atoms with Gasteiger partial charge in [-0.05, 0) is 56.0 Å². The molecule has 0 unspecified atom stereocenters. The molecule has 3 aromatic rings. The number of hydrogen-bond acceptors (Lipinski definition) is 8. The first-order chi connectivity index (χ1) is 22.7. The molecular formula is C34H41N5O8S. The Kier molecular flexibility index (Phi) is 6.94. The van der Waals surface area contributed by atoms with Gasteiger partial charge in [0.1, 0.15) is 6.04 Å². The maximum Gasteiger partial charge on any atom is 0.310 e. The summed E-state index contributed by atoms with van der Waals surface area (Å²) in [5.74, 6) is -2.28. The number of likely N-dealkylation sites (N-methyl/N-ethyl adjacent to an activating group) is 1. The lowest BCUT2D eigenvalue weighted by Gasteiger charge is -2.45. The zero-order valence-corrected chi connectivity index (χ0v) is 27.8. The molecule has 1 aliphatic carbocycles. The second-order valence-corrected chi connectivity index (χ2v) is 15.6. The van der Waals surface area contributed by atoms with E-state index in [4.69, 9.17) is 14.0 Å². The number of aromatic amines is 1. The topological polar surface area (TPSA) is 165 Å². The highest BCUT2D eigenvalue weighted by Gasteiger charge is 2.90. The van der Waals surface area contributed by atoms with Gasteiger partial charge < -0.3 is 20.1 Å². The summed E-state index contributed by atoms with van der Waals surface area (Å²) in [4.78, 5) is 51.1. The van der Waals surface area contributed by atoms with E-state index in [1.165, 1.54) is 21.4 Å². The van der Waals surface area contributed by atoms with Crippen molar-refractivity contribution in [2.24, 2.45) is 5.92 Å². The van der Waals surface area contributed by atoms with Gasteiger partial charge in [0, 0.05) is 56.4 Å². The third-order valence-electron chi connectivity index (χ3n) is 11.0. The van der Waals surface area contributed by atoms with Gasteiger partial charge in [-0.3, -0.25) is 33.3 Å². The molecular weight excluding hydrogens is 638 g/mol. The van der Waals surface area contributed by atoms with Crippen LogP contribution in [0.15, 0.2) is 54.7 Å². The first-order valence-corrected chi connectivity index (χ1v) is 18.2. The number of H-pyrrole nitrogens is 1. The first kappa shape index (κ1) is 31.4. The molecule has 6 aliphatic rings. The lowest BCUT2D eigenvalue weighted by molar-refractivity contribution is -0.177. The Morgan fingerprint density at radius 1 is 1.15 bits per heavy atom. The molecule has 3 N–H and O–H groups in total. The number of carbonyl (C=O) groups is 3. The van der Waals surface area contributed by atoms with E-state index in [1.54, 1.807) is 11.8 Å². The second kappa shape index (κ2) is 10.6. The van der Waals surface area contributed by atoms with Crippen molar-refractivity contribution in [1.82, 2.24) is 25.0 Å². The number of carbonyl (C=O) groups excluding carboxylic acids is 3. The summed E-state index contributed by atoms with van der Waals surface area (Å²) in [5.41, 5.74) is 2.05. The fraction of sp³-hybridized carbons (Fsp3) is 0.500. The quantitative estimate of drug-likeness (QED) is 0.277. The fourth-order valence-electron chi connectivity index (χ4n) is 8.99. The van der Waals surface area contributed by atoms with Crippen LogP contribution in [-0.4, -0.2) is 106 Å². The lowest BCUT2D eigenvalue weighted by atomic mass is 9.72. The van der Waals surface area contributed by atoms with Crippen LogP contribution in [0.1, 0.15) is 50.2 Å². The minimum absolute atomic E-state index is 0. The number of ether oxygens (including phenoxy) is 2. The Morgan fingerprint density at radius 3 is 2.65 bits per heavy atom. The highest BCUT2D eigenvalue weighted by atomic mass is 32.2. The third kappa shape index (κ3) is 4.64. The Morgan fingerprint density at radius 2 is 1.90 bits per heavy atom. The summed E-state index contributed by atoms with van der Waals surface area (Å²) in [7, 11) is -1.58. The van der Waals surface area contributed by atoms with E-state index in [1.807, 2.05) is 30.3 Å². The molecule has 7 atom stereocenters. The molecule has 0 radical (unpaired) electrons. The molecule has 5 aliphatic heterocycles. The van der Waals surface area contributed by atoms with Gasteiger partial charge in [-0.1, -0.05) is 42.5 Å². The second-order valence-electron chi connectivity index (χ2n) is 14.1. The van der Waals surface area contributed by atoms with Gasteiger partial charge in [0.05, 0.1) is 12.2 Å². The summed E-state index contributed by atoms with van der Waals surface area (Å²) in [6, 6.07) is 15.6. The number of nitrogens with zero attached hydrogens (tertiary/aromatic N) is 3. The van der Waals surface area contributed by atoms with Crippen molar-refractivity contribution < 1.29 is 38.3 Å². The maximum atomic E-state index is 14.3. The molecule has 48 heavy (non-hydrogen) atoms. The van der Waals surface area contributed by atoms with Crippen LogP contribution in [0.5, 0.6) is 0 Å². The number of benzene rings is 2. The van der Waals surface area contributed by atoms with Crippen molar-refractivity contribution in [3.8, 4) is 0 Å². The minimum Gasteiger partial charge on any atom is -0.361 e. The Labute approximate surface area is 279 Å². The minimum atomic E-state index is -3.67. The van der Waals surface area contributed by atoms with Crippen LogP contribution in [0.2, 0.25) is 0 Å². The number of fused-ring (bicyclic) bond motifs is 2. The van der Waals surface area contributed by atoms with Gasteiger partial charge in [0.25, 0.3) is 16.0 Å². The monoisotopic (exact) mass is 679 g/mol. The van der Waals surface area contributed by atoms with E-state index in [0.717, 1.165) is 23.9 Å². The first-order valence-electron chi connectivity index (χ1n) is 16.4. The van der Waals surface area contributed by atoms with Crippen LogP contribution in [0.25, 0.3) is 10.9 Å². The van der Waals surface area contributed by atoms with Crippen molar-refractivity contribution in [1.29, 1.82) is 0 Å². The summed E-state index contributed by atoms with van der Waals surface area (Å²) in [5, 5.41) is 4.30. The third-order valence-corrected chi connectivity index (χ3v) is 11.0. The molecule has 2 spiro atoms. The lowest BCUT2D eigenvalue weighted by Crippen LogP contribution is -2.65. The van der Waals surface area contributed by atoms with Crippen molar-refractivity contribution >= 4 is 38.7 Å². The number of amides is 3. The Balaban J connectivity index is 0.000000591. The zero-order valence-electron chi connectivity index (χ0n) is 27.0. The molecule has 14 heteroatoms. The van der Waals surface area contributed by atoms with Crippen LogP contribution in [-0.2, 0) is 46.8 Å². The summed E-state index contributed by atoms with van der Waals surface area (Å²) in [6.45, 7) is 2.76. The zero-order chi connectivity index (χ0) is 33.8. The van der Waals surface area contributed by atoms with Crippen LogP contribution < -0.4 is 5.32 Å². The highest BCUT2D eigenvalue weighted by Crippen LogP contribution is 2.66. The van der Waals surface area contributed by atoms with E-state index in [0.29, 0.717) is 44.6 Å². The van der Waals surface area contributed by atoms with E-state index < -0.39 is 39.4 Å². The van der Waals surface area contributed by atoms with E-state index in [-0.39, 0.29) is 25.1 Å². The van der Waals surface area contributed by atoms with Crippen LogP contribution in [0.4, 0.5) is 0 Å². The number of aromatic nitrogens is 1. The maximum absolute atomic E-state index is 14.3. The normalized spacial score (nSPS) is 34.9. The number of rotatable bonds is 4. The molecule has 2 aromatic carbocycles. The van der Waals surface area contributed by atoms with Crippen molar-refractivity contribution in [3.05, 3.63) is 71.4 Å². The van der Waals surface area contributed by atoms with Gasteiger partial charge in [0.15, 0.2) is 0 Å². The van der Waals surface area contributed by atoms with Gasteiger partial charge in [-0.2, -0.15) is 8.42 Å². The summed E-state index contributed by atoms with van der Waals surface area (Å²) >= 11 is 0. The molecule has 5 fully saturated rings. The van der Waals surface area contributed by atoms with Crippen LogP contribution in [0.3, 0.4) is 0 Å². The molecule has 3 amide bonds. The molecule has 5 saturated heterocycles. The molecule has 9 rings (SSSR count). The Hall–Kier alpha value is -3.82. The van der Waals surface area contributed by atoms with Crippen molar-refractivity contribution in [2.45, 2.75) is 74.4 Å². The predicted molar refractivity (Wildman–Crippen MR) is 175 cm³/mol. The molecule has 6 heterocycles. The number of nitrogens with one attached hydrogen (secondary N) is 2. The van der Waals surface area contributed by atoms with Crippen molar-refractivity contribution in [2.75, 3.05) is 26.4 Å². The van der Waals surface area contributed by atoms with Gasteiger partial charge in [-0.25, -0.2) is 0 Å². The number of hydrogen-bond donors (Lipinski definition) is 3. The molecule has 1 aromatic heterocycles. The van der Waals surface area contributed by atoms with E-state index >= 15 is 0 Å².